The first-order valence-corrected chi connectivity index (χ1v) is 8.46. The van der Waals surface area contributed by atoms with Gasteiger partial charge in [-0.25, -0.2) is 23.2 Å². The zero-order valence-electron chi connectivity index (χ0n) is 12.1. The Morgan fingerprint density at radius 2 is 1.35 bits per heavy atom. The van der Waals surface area contributed by atoms with Gasteiger partial charge in [-0.1, -0.05) is 11.7 Å². The number of H-pyrrole nitrogens is 5. The van der Waals surface area contributed by atoms with Gasteiger partial charge in [-0.2, -0.15) is 9.35 Å². The highest BCUT2D eigenvalue weighted by atomic mass is 33.1. The third-order valence-corrected chi connectivity index (χ3v) is 4.50. The summed E-state index contributed by atoms with van der Waals surface area (Å²) in [6.07, 6.45) is 0. The van der Waals surface area contributed by atoms with Gasteiger partial charge in [-0.3, -0.25) is 34.5 Å². The predicted octanol–water partition coefficient (Wildman–Crippen LogP) is -3.15. The van der Waals surface area contributed by atoms with Crippen LogP contribution in [0.25, 0.3) is 22.3 Å². The summed E-state index contributed by atoms with van der Waals surface area (Å²) in [6, 6.07) is 0. The van der Waals surface area contributed by atoms with Gasteiger partial charge < -0.3 is 0 Å². The van der Waals surface area contributed by atoms with E-state index in [0.717, 1.165) is 3.97 Å². The minimum absolute atomic E-state index is 0.179. The van der Waals surface area contributed by atoms with Crippen molar-refractivity contribution < 1.29 is 0 Å². The molecule has 0 unspecified atom stereocenters. The van der Waals surface area contributed by atoms with Gasteiger partial charge in [0.1, 0.15) is 5.65 Å². The van der Waals surface area contributed by atoms with Gasteiger partial charge in [-0.15, -0.1) is 0 Å². The van der Waals surface area contributed by atoms with Crippen LogP contribution in [0.1, 0.15) is 0 Å². The summed E-state index contributed by atoms with van der Waals surface area (Å²) in [5.41, 5.74) is -7.20. The second kappa shape index (κ2) is 5.30. The van der Waals surface area contributed by atoms with Crippen LogP contribution in [0.3, 0.4) is 0 Å². The third-order valence-electron chi connectivity index (χ3n) is 3.51. The van der Waals surface area contributed by atoms with Crippen LogP contribution in [0.2, 0.25) is 0 Å². The van der Waals surface area contributed by atoms with Crippen LogP contribution in [-0.2, 0) is 0 Å². The Kier molecular flexibility index (Phi) is 3.28. The minimum atomic E-state index is -1.16. The molecule has 0 aliphatic rings. The number of aromatic nitrogens is 8. The Hall–Kier alpha value is -3.40. The first-order valence-electron chi connectivity index (χ1n) is 6.63. The van der Waals surface area contributed by atoms with Crippen molar-refractivity contribution in [3.63, 3.8) is 0 Å². The van der Waals surface area contributed by atoms with Crippen molar-refractivity contribution in [3.8, 4) is 0 Å². The largest absolute Gasteiger partial charge is 0.363 e. The van der Waals surface area contributed by atoms with E-state index in [1.807, 2.05) is 0 Å². The van der Waals surface area contributed by atoms with E-state index < -0.39 is 33.9 Å². The quantitative estimate of drug-likeness (QED) is 0.151. The Morgan fingerprint density at radius 3 is 2.04 bits per heavy atom. The molecule has 0 aromatic carbocycles. The molecule has 14 nitrogen and oxygen atoms in total. The zero-order chi connectivity index (χ0) is 18.7. The van der Waals surface area contributed by atoms with Crippen molar-refractivity contribution in [2.45, 2.75) is 0 Å². The molecule has 134 valence electrons. The van der Waals surface area contributed by atoms with Crippen molar-refractivity contribution in [2.24, 2.45) is 0 Å². The van der Waals surface area contributed by atoms with E-state index in [-0.39, 0.29) is 31.7 Å². The van der Waals surface area contributed by atoms with Gasteiger partial charge >= 0.3 is 33.9 Å². The van der Waals surface area contributed by atoms with Gasteiger partial charge in [0.15, 0.2) is 16.7 Å². The number of aromatic amines is 5. The molecule has 0 fully saturated rings. The first kappa shape index (κ1) is 16.1. The lowest BCUT2D eigenvalue weighted by atomic mass is 10.5. The molecule has 5 N–H and O–H groups in total. The molecule has 4 aromatic heterocycles. The van der Waals surface area contributed by atoms with Crippen LogP contribution in [0, 0.1) is 0 Å². The summed E-state index contributed by atoms with van der Waals surface area (Å²) in [7, 11) is 0.532. The number of thiol groups is 1. The fourth-order valence-corrected chi connectivity index (χ4v) is 3.31. The van der Waals surface area contributed by atoms with Crippen LogP contribution in [-0.4, -0.2) is 38.2 Å². The fourth-order valence-electron chi connectivity index (χ4n) is 2.48. The standard InChI is InChI=1S/C10H6N8O6S2/c19-5-1-3(13-7(21)11-1)14-9(23)16(5)17-6(20)2-4(15-8(22)12-2)18(26-25)10(17)24/h25H,(H,14,23)(H2,11,13,21)(H2,12,15,22). The molecule has 0 amide bonds. The van der Waals surface area contributed by atoms with Gasteiger partial charge in [-0.05, 0) is 0 Å². The summed E-state index contributed by atoms with van der Waals surface area (Å²) >= 11 is 3.88. The topological polar surface area (TPSA) is 196 Å². The smallest absolute Gasteiger partial charge is 0.300 e. The maximum absolute atomic E-state index is 12.6. The molecular formula is C10H6N8O6S2. The maximum Gasteiger partial charge on any atom is 0.363 e. The lowest BCUT2D eigenvalue weighted by molar-refractivity contribution is 0.542. The number of hydrogen-bond acceptors (Lipinski definition) is 8. The number of imidazole rings is 2. The molecule has 26 heavy (non-hydrogen) atoms. The fraction of sp³-hybridized carbons (Fsp3) is 0. The number of nitrogens with one attached hydrogen (secondary N) is 5. The SMILES string of the molecule is O=c1[nH]c2[nH]c(=O)n(-n3c(=O)c4[nH]c(=O)[nH]c4n(SS)c3=O)c(=O)c2[nH]1. The summed E-state index contributed by atoms with van der Waals surface area (Å²) in [6.45, 7) is 0. The van der Waals surface area contributed by atoms with E-state index in [9.17, 15) is 28.8 Å². The number of nitrogens with zero attached hydrogens (tertiary/aromatic N) is 3. The maximum atomic E-state index is 12.6. The molecule has 4 rings (SSSR count). The van der Waals surface area contributed by atoms with Gasteiger partial charge in [0.25, 0.3) is 0 Å². The predicted molar refractivity (Wildman–Crippen MR) is 94.0 cm³/mol. The number of rotatable bonds is 2. The highest BCUT2D eigenvalue weighted by molar-refractivity contribution is 8.68. The monoisotopic (exact) mass is 398 g/mol. The van der Waals surface area contributed by atoms with E-state index >= 15 is 0 Å². The van der Waals surface area contributed by atoms with E-state index in [4.69, 9.17) is 0 Å². The summed E-state index contributed by atoms with van der Waals surface area (Å²) < 4.78 is 1.22. The van der Waals surface area contributed by atoms with E-state index in [1.165, 1.54) is 0 Å². The van der Waals surface area contributed by atoms with Crippen LogP contribution in [0.5, 0.6) is 0 Å². The van der Waals surface area contributed by atoms with Crippen molar-refractivity contribution in [1.29, 1.82) is 0 Å². The molecule has 0 aliphatic heterocycles. The molecule has 0 bridgehead atoms. The highest BCUT2D eigenvalue weighted by Crippen LogP contribution is 2.11. The molecule has 0 saturated carbocycles. The Bertz CT molecular complexity index is 1550. The van der Waals surface area contributed by atoms with Crippen LogP contribution >= 0.6 is 22.6 Å². The van der Waals surface area contributed by atoms with E-state index in [2.05, 4.69) is 36.6 Å². The lowest BCUT2D eigenvalue weighted by Gasteiger charge is -2.09. The Balaban J connectivity index is 2.29. The number of fused-ring (bicyclic) bond motifs is 2. The van der Waals surface area contributed by atoms with Crippen LogP contribution in [0.4, 0.5) is 0 Å². The Morgan fingerprint density at radius 1 is 0.731 bits per heavy atom. The molecule has 0 aliphatic carbocycles. The average Bonchev–Trinajstić information content (AvgIpc) is 3.13. The summed E-state index contributed by atoms with van der Waals surface area (Å²) in [4.78, 5) is 83.8. The molecule has 4 heterocycles. The molecule has 4 aromatic rings. The molecule has 0 atom stereocenters. The van der Waals surface area contributed by atoms with Crippen molar-refractivity contribution in [2.75, 3.05) is 0 Å². The third kappa shape index (κ3) is 2.02. The van der Waals surface area contributed by atoms with Gasteiger partial charge in [0.05, 0.1) is 0 Å². The molecule has 0 radical (unpaired) electrons. The number of hydrogen-bond donors (Lipinski definition) is 6. The second-order valence-corrected chi connectivity index (χ2v) is 5.97. The zero-order valence-corrected chi connectivity index (χ0v) is 13.9. The second-order valence-electron chi connectivity index (χ2n) is 4.95. The summed E-state index contributed by atoms with van der Waals surface area (Å²) in [5, 5.41) is 0. The molecule has 0 saturated heterocycles. The van der Waals surface area contributed by atoms with Crippen LogP contribution < -0.4 is 33.9 Å². The van der Waals surface area contributed by atoms with E-state index in [1.54, 1.807) is 0 Å². The normalized spacial score (nSPS) is 11.6. The van der Waals surface area contributed by atoms with Gasteiger partial charge in [0.2, 0.25) is 0 Å². The van der Waals surface area contributed by atoms with Crippen molar-refractivity contribution >= 4 is 45.0 Å². The first-order chi connectivity index (χ1) is 12.3. The Labute approximate surface area is 146 Å². The van der Waals surface area contributed by atoms with Crippen LogP contribution in [0.15, 0.2) is 28.8 Å². The lowest BCUT2D eigenvalue weighted by Crippen LogP contribution is -2.52. The van der Waals surface area contributed by atoms with E-state index in [0.29, 0.717) is 11.0 Å². The average molecular weight is 398 g/mol. The molecular weight excluding hydrogens is 392 g/mol. The van der Waals surface area contributed by atoms with Crippen molar-refractivity contribution in [3.05, 3.63) is 62.6 Å². The molecule has 16 heteroatoms. The van der Waals surface area contributed by atoms with Crippen molar-refractivity contribution in [1.82, 2.24) is 38.2 Å². The van der Waals surface area contributed by atoms with Gasteiger partial charge in [0, 0.05) is 11.0 Å². The summed E-state index contributed by atoms with van der Waals surface area (Å²) in [5.74, 6) is 0. The molecule has 0 spiro atoms. The minimum Gasteiger partial charge on any atom is -0.300 e. The highest BCUT2D eigenvalue weighted by Gasteiger charge is 2.21.